The maximum Gasteiger partial charge on any atom is 0.320 e. The first-order chi connectivity index (χ1) is 9.62. The van der Waals surface area contributed by atoms with Gasteiger partial charge in [0.15, 0.2) is 0 Å². The van der Waals surface area contributed by atoms with Gasteiger partial charge in [0.05, 0.1) is 23.9 Å². The summed E-state index contributed by atoms with van der Waals surface area (Å²) in [5, 5.41) is 0.667. The molecule has 5 nitrogen and oxygen atoms in total. The van der Waals surface area contributed by atoms with E-state index in [4.69, 9.17) is 16.3 Å². The Morgan fingerprint density at radius 1 is 1.40 bits per heavy atom. The molecule has 0 spiro atoms. The van der Waals surface area contributed by atoms with Crippen molar-refractivity contribution in [2.45, 2.75) is 20.4 Å². The molecule has 108 valence electrons. The Bertz CT molecular complexity index is 597. The molecule has 0 saturated heterocycles. The average molecular weight is 296 g/mol. The summed E-state index contributed by atoms with van der Waals surface area (Å²) < 4.78 is 6.85. The van der Waals surface area contributed by atoms with Gasteiger partial charge in [-0.1, -0.05) is 18.5 Å². The van der Waals surface area contributed by atoms with E-state index in [2.05, 4.69) is 4.98 Å². The highest BCUT2D eigenvalue weighted by Gasteiger charge is 2.12. The van der Waals surface area contributed by atoms with Crippen LogP contribution in [0.4, 0.5) is 0 Å². The second-order valence-electron chi connectivity index (χ2n) is 4.45. The minimum atomic E-state index is -0.207. The van der Waals surface area contributed by atoms with Crippen LogP contribution in [-0.4, -0.2) is 40.0 Å². The smallest absolute Gasteiger partial charge is 0.320 e. The van der Waals surface area contributed by atoms with Gasteiger partial charge in [-0.15, -0.1) is 0 Å². The minimum absolute atomic E-state index is 0.207. The van der Waals surface area contributed by atoms with Crippen molar-refractivity contribution in [2.24, 2.45) is 0 Å². The molecule has 0 saturated carbocycles. The van der Waals surface area contributed by atoms with Crippen molar-refractivity contribution in [3.8, 4) is 0 Å². The molecular formula is C14H18ClN3O2. The first kappa shape index (κ1) is 14.8. The Balaban J connectivity index is 2.07. The van der Waals surface area contributed by atoms with Crippen LogP contribution in [0.25, 0.3) is 5.65 Å². The molecule has 0 N–H and O–H groups in total. The Labute approximate surface area is 123 Å². The molecule has 2 aromatic heterocycles. The lowest BCUT2D eigenvalue weighted by atomic mass is 10.4. The monoisotopic (exact) mass is 295 g/mol. The van der Waals surface area contributed by atoms with E-state index in [1.54, 1.807) is 6.92 Å². The fourth-order valence-electron chi connectivity index (χ4n) is 1.99. The van der Waals surface area contributed by atoms with Crippen LogP contribution in [0, 0.1) is 0 Å². The molecule has 2 rings (SSSR count). The number of hydrogen-bond donors (Lipinski definition) is 0. The third-order valence-corrected chi connectivity index (χ3v) is 3.18. The number of fused-ring (bicyclic) bond motifs is 1. The second kappa shape index (κ2) is 6.72. The van der Waals surface area contributed by atoms with Gasteiger partial charge >= 0.3 is 5.97 Å². The molecule has 6 heteroatoms. The van der Waals surface area contributed by atoms with E-state index < -0.39 is 0 Å². The van der Waals surface area contributed by atoms with Gasteiger partial charge in [0, 0.05) is 18.9 Å². The van der Waals surface area contributed by atoms with Gasteiger partial charge in [-0.2, -0.15) is 0 Å². The summed E-state index contributed by atoms with van der Waals surface area (Å²) in [7, 11) is 0. The molecule has 2 heterocycles. The van der Waals surface area contributed by atoms with Crippen molar-refractivity contribution >= 4 is 23.2 Å². The maximum atomic E-state index is 11.5. The highest BCUT2D eigenvalue weighted by molar-refractivity contribution is 6.30. The summed E-state index contributed by atoms with van der Waals surface area (Å²) >= 11 is 5.94. The maximum absolute atomic E-state index is 11.5. The number of halogens is 1. The zero-order chi connectivity index (χ0) is 14.5. The fraction of sp³-hybridized carbons (Fsp3) is 0.429. The summed E-state index contributed by atoms with van der Waals surface area (Å²) in [5.41, 5.74) is 1.75. The van der Waals surface area contributed by atoms with Crippen molar-refractivity contribution in [1.82, 2.24) is 14.3 Å². The van der Waals surface area contributed by atoms with Crippen molar-refractivity contribution in [3.63, 3.8) is 0 Å². The highest BCUT2D eigenvalue weighted by Crippen LogP contribution is 2.12. The molecule has 0 unspecified atom stereocenters. The van der Waals surface area contributed by atoms with Gasteiger partial charge in [-0.25, -0.2) is 4.98 Å². The predicted molar refractivity (Wildman–Crippen MR) is 77.8 cm³/mol. The summed E-state index contributed by atoms with van der Waals surface area (Å²) in [4.78, 5) is 18.0. The van der Waals surface area contributed by atoms with Crippen molar-refractivity contribution in [3.05, 3.63) is 35.2 Å². The Hall–Kier alpha value is -1.59. The predicted octanol–water partition coefficient (Wildman–Crippen LogP) is 2.37. The van der Waals surface area contributed by atoms with Gasteiger partial charge in [0.25, 0.3) is 0 Å². The molecule has 0 amide bonds. The third kappa shape index (κ3) is 3.71. The summed E-state index contributed by atoms with van der Waals surface area (Å²) in [5.74, 6) is -0.207. The van der Waals surface area contributed by atoms with Crippen LogP contribution in [0.15, 0.2) is 24.5 Å². The number of ether oxygens (including phenoxy) is 1. The normalized spacial score (nSPS) is 11.2. The highest BCUT2D eigenvalue weighted by atomic mass is 35.5. The lowest BCUT2D eigenvalue weighted by Crippen LogP contribution is -2.30. The average Bonchev–Trinajstić information content (AvgIpc) is 2.79. The molecule has 0 radical (unpaired) electrons. The van der Waals surface area contributed by atoms with Crippen LogP contribution >= 0.6 is 11.6 Å². The summed E-state index contributed by atoms with van der Waals surface area (Å²) in [6.07, 6.45) is 3.74. The van der Waals surface area contributed by atoms with E-state index in [1.807, 2.05) is 40.8 Å². The second-order valence-corrected chi connectivity index (χ2v) is 4.89. The Morgan fingerprint density at radius 3 is 2.90 bits per heavy atom. The molecule has 0 aliphatic heterocycles. The zero-order valence-corrected chi connectivity index (χ0v) is 12.4. The number of carbonyl (C=O) groups excluding carboxylic acids is 1. The number of likely N-dealkylation sites (N-methyl/N-ethyl adjacent to an activating group) is 1. The summed E-state index contributed by atoms with van der Waals surface area (Å²) in [6, 6.07) is 3.68. The van der Waals surface area contributed by atoms with E-state index >= 15 is 0 Å². The van der Waals surface area contributed by atoms with Crippen molar-refractivity contribution in [1.29, 1.82) is 0 Å². The first-order valence-electron chi connectivity index (χ1n) is 6.63. The van der Waals surface area contributed by atoms with Gasteiger partial charge in [-0.05, 0) is 25.6 Å². The van der Waals surface area contributed by atoms with Crippen LogP contribution < -0.4 is 0 Å². The molecule has 0 fully saturated rings. The molecule has 0 aliphatic carbocycles. The number of esters is 1. The van der Waals surface area contributed by atoms with Crippen LogP contribution in [0.3, 0.4) is 0 Å². The topological polar surface area (TPSA) is 46.8 Å². The molecule has 0 aromatic carbocycles. The molecular weight excluding hydrogens is 278 g/mol. The number of hydrogen-bond acceptors (Lipinski definition) is 4. The van der Waals surface area contributed by atoms with Crippen LogP contribution in [0.1, 0.15) is 19.5 Å². The lowest BCUT2D eigenvalue weighted by Gasteiger charge is -2.17. The van der Waals surface area contributed by atoms with E-state index in [-0.39, 0.29) is 12.5 Å². The molecule has 2 aromatic rings. The van der Waals surface area contributed by atoms with Gasteiger partial charge in [0.1, 0.15) is 5.65 Å². The van der Waals surface area contributed by atoms with Crippen LogP contribution in [0.2, 0.25) is 5.02 Å². The van der Waals surface area contributed by atoms with E-state index in [1.165, 1.54) is 0 Å². The number of pyridine rings is 1. The summed E-state index contributed by atoms with van der Waals surface area (Å²) in [6.45, 7) is 5.86. The number of aromatic nitrogens is 2. The third-order valence-electron chi connectivity index (χ3n) is 2.96. The van der Waals surface area contributed by atoms with Gasteiger partial charge < -0.3 is 9.14 Å². The largest absolute Gasteiger partial charge is 0.465 e. The zero-order valence-electron chi connectivity index (χ0n) is 11.7. The molecule has 20 heavy (non-hydrogen) atoms. The van der Waals surface area contributed by atoms with E-state index in [0.29, 0.717) is 18.2 Å². The quantitative estimate of drug-likeness (QED) is 0.768. The van der Waals surface area contributed by atoms with E-state index in [9.17, 15) is 4.79 Å². The SMILES string of the molecule is CCOC(=O)CN(CC)Cc1cn2cc(Cl)ccc2n1. The van der Waals surface area contributed by atoms with Crippen molar-refractivity contribution < 1.29 is 9.53 Å². The van der Waals surface area contributed by atoms with E-state index in [0.717, 1.165) is 17.9 Å². The molecule has 0 atom stereocenters. The standard InChI is InChI=1S/C14H18ClN3O2/c1-3-17(10-14(19)20-4-2)8-12-9-18-7-11(15)5-6-13(18)16-12/h5-7,9H,3-4,8,10H2,1-2H3. The molecule has 0 aliphatic rings. The Morgan fingerprint density at radius 2 is 2.20 bits per heavy atom. The fourth-order valence-corrected chi connectivity index (χ4v) is 2.16. The number of imidazole rings is 1. The lowest BCUT2D eigenvalue weighted by molar-refractivity contribution is -0.144. The number of nitrogens with zero attached hydrogens (tertiary/aromatic N) is 3. The van der Waals surface area contributed by atoms with Crippen LogP contribution in [-0.2, 0) is 16.1 Å². The number of carbonyl (C=O) groups is 1. The van der Waals surface area contributed by atoms with Crippen LogP contribution in [0.5, 0.6) is 0 Å². The van der Waals surface area contributed by atoms with Gasteiger partial charge in [0.2, 0.25) is 0 Å². The Kier molecular flexibility index (Phi) is 4.98. The first-order valence-corrected chi connectivity index (χ1v) is 7.01. The minimum Gasteiger partial charge on any atom is -0.465 e. The number of rotatable bonds is 6. The van der Waals surface area contributed by atoms with Gasteiger partial charge in [-0.3, -0.25) is 9.69 Å². The molecule has 0 bridgehead atoms. The van der Waals surface area contributed by atoms with Crippen molar-refractivity contribution in [2.75, 3.05) is 19.7 Å².